The number of carbonyl (C=O) groups is 2. The topological polar surface area (TPSA) is 79.2 Å². The van der Waals surface area contributed by atoms with Crippen LogP contribution in [0.5, 0.6) is 0 Å². The molecule has 0 spiro atoms. The maximum absolute atomic E-state index is 13.4. The molecule has 0 fully saturated rings. The van der Waals surface area contributed by atoms with E-state index in [0.717, 1.165) is 22.3 Å². The van der Waals surface area contributed by atoms with E-state index in [1.807, 2.05) is 55.5 Å². The standard InChI is InChI=1S/C33H30N2O3/c1-23-11-13-27(14-12-23)28-15-17-29(18-16-28)32(36)35-31(21-24-7-4-3-5-8-24)30(33(37)38-2)20-25-9-6-10-26(19-25)22-34/h3-19,30-31H,20-21H2,1-2H3,(H,35,36). The van der Waals surface area contributed by atoms with Crippen LogP contribution >= 0.6 is 0 Å². The molecule has 1 N–H and O–H groups in total. The van der Waals surface area contributed by atoms with Crippen molar-refractivity contribution in [2.24, 2.45) is 5.92 Å². The zero-order valence-corrected chi connectivity index (χ0v) is 21.6. The molecular formula is C33H30N2O3. The van der Waals surface area contributed by atoms with Crippen LogP contribution in [0.4, 0.5) is 0 Å². The summed E-state index contributed by atoms with van der Waals surface area (Å²) in [4.78, 5) is 26.4. The second kappa shape index (κ2) is 12.5. The molecule has 4 aromatic carbocycles. The van der Waals surface area contributed by atoms with E-state index in [2.05, 4.69) is 35.7 Å². The predicted octanol–water partition coefficient (Wildman–Crippen LogP) is 5.91. The van der Waals surface area contributed by atoms with Gasteiger partial charge in [0.15, 0.2) is 0 Å². The molecular weight excluding hydrogens is 472 g/mol. The number of carbonyl (C=O) groups excluding carboxylic acids is 2. The molecule has 38 heavy (non-hydrogen) atoms. The number of nitrogens with one attached hydrogen (secondary N) is 1. The number of amides is 1. The molecule has 0 saturated heterocycles. The minimum Gasteiger partial charge on any atom is -0.469 e. The molecule has 190 valence electrons. The molecule has 0 aliphatic carbocycles. The van der Waals surface area contributed by atoms with Crippen LogP contribution in [0.1, 0.15) is 32.6 Å². The molecule has 5 heteroatoms. The smallest absolute Gasteiger partial charge is 0.311 e. The first-order chi connectivity index (χ1) is 18.5. The first-order valence-electron chi connectivity index (χ1n) is 12.6. The lowest BCUT2D eigenvalue weighted by molar-refractivity contribution is -0.146. The zero-order chi connectivity index (χ0) is 26.9. The van der Waals surface area contributed by atoms with Crippen molar-refractivity contribution < 1.29 is 14.3 Å². The number of hydrogen-bond donors (Lipinski definition) is 1. The molecule has 0 aliphatic rings. The molecule has 4 rings (SSSR count). The Labute approximate surface area is 223 Å². The average molecular weight is 503 g/mol. The second-order valence-corrected chi connectivity index (χ2v) is 9.36. The van der Waals surface area contributed by atoms with Gasteiger partial charge in [-0.1, -0.05) is 84.4 Å². The van der Waals surface area contributed by atoms with Gasteiger partial charge in [-0.3, -0.25) is 9.59 Å². The first kappa shape index (κ1) is 26.4. The van der Waals surface area contributed by atoms with Crippen LogP contribution in [0, 0.1) is 24.2 Å². The number of esters is 1. The second-order valence-electron chi connectivity index (χ2n) is 9.36. The van der Waals surface area contributed by atoms with E-state index >= 15 is 0 Å². The fourth-order valence-corrected chi connectivity index (χ4v) is 4.54. The molecule has 2 atom stereocenters. The summed E-state index contributed by atoms with van der Waals surface area (Å²) in [7, 11) is 1.35. The number of nitriles is 1. The van der Waals surface area contributed by atoms with E-state index in [4.69, 9.17) is 4.74 Å². The van der Waals surface area contributed by atoms with Crippen LogP contribution in [0.25, 0.3) is 11.1 Å². The Morgan fingerprint density at radius 1 is 0.816 bits per heavy atom. The summed E-state index contributed by atoms with van der Waals surface area (Å²) in [5, 5.41) is 12.4. The lowest BCUT2D eigenvalue weighted by atomic mass is 9.87. The van der Waals surface area contributed by atoms with Crippen molar-refractivity contribution in [1.82, 2.24) is 5.32 Å². The van der Waals surface area contributed by atoms with Crippen LogP contribution in [0.3, 0.4) is 0 Å². The van der Waals surface area contributed by atoms with E-state index in [9.17, 15) is 14.9 Å². The van der Waals surface area contributed by atoms with Crippen molar-refractivity contribution in [3.8, 4) is 17.2 Å². The highest BCUT2D eigenvalue weighted by molar-refractivity contribution is 5.95. The number of hydrogen-bond acceptors (Lipinski definition) is 4. The molecule has 4 aromatic rings. The van der Waals surface area contributed by atoms with Crippen LogP contribution < -0.4 is 5.32 Å². The SMILES string of the molecule is COC(=O)C(Cc1cccc(C#N)c1)C(Cc1ccccc1)NC(=O)c1ccc(-c2ccc(C)cc2)cc1. The third kappa shape index (κ3) is 6.74. The molecule has 0 aromatic heterocycles. The highest BCUT2D eigenvalue weighted by Crippen LogP contribution is 2.22. The van der Waals surface area contributed by atoms with E-state index in [1.165, 1.54) is 12.7 Å². The minimum atomic E-state index is -0.648. The Bertz CT molecular complexity index is 1420. The molecule has 5 nitrogen and oxygen atoms in total. The fourth-order valence-electron chi connectivity index (χ4n) is 4.54. The van der Waals surface area contributed by atoms with Gasteiger partial charge in [0.2, 0.25) is 0 Å². The minimum absolute atomic E-state index is 0.263. The molecule has 0 aliphatic heterocycles. The van der Waals surface area contributed by atoms with Gasteiger partial charge < -0.3 is 10.1 Å². The maximum atomic E-state index is 13.4. The molecule has 0 heterocycles. The third-order valence-electron chi connectivity index (χ3n) is 6.65. The molecule has 0 radical (unpaired) electrons. The summed E-state index contributed by atoms with van der Waals surface area (Å²) < 4.78 is 5.16. The number of ether oxygens (including phenoxy) is 1. The molecule has 0 saturated carbocycles. The van der Waals surface area contributed by atoms with Crippen LogP contribution in [0.2, 0.25) is 0 Å². The summed E-state index contributed by atoms with van der Waals surface area (Å²) in [6.07, 6.45) is 0.776. The van der Waals surface area contributed by atoms with Gasteiger partial charge >= 0.3 is 5.97 Å². The molecule has 0 bridgehead atoms. The van der Waals surface area contributed by atoms with Gasteiger partial charge in [-0.25, -0.2) is 0 Å². The zero-order valence-electron chi connectivity index (χ0n) is 21.6. The summed E-state index contributed by atoms with van der Waals surface area (Å²) >= 11 is 0. The van der Waals surface area contributed by atoms with E-state index < -0.39 is 17.9 Å². The van der Waals surface area contributed by atoms with Gasteiger partial charge in [0.25, 0.3) is 5.91 Å². The van der Waals surface area contributed by atoms with Gasteiger partial charge in [-0.2, -0.15) is 5.26 Å². The number of methoxy groups -OCH3 is 1. The Morgan fingerprint density at radius 3 is 2.08 bits per heavy atom. The van der Waals surface area contributed by atoms with Crippen molar-refractivity contribution in [2.45, 2.75) is 25.8 Å². The normalized spacial score (nSPS) is 12.1. The Morgan fingerprint density at radius 2 is 1.45 bits per heavy atom. The Hall–Kier alpha value is -4.69. The molecule has 2 unspecified atom stereocenters. The largest absolute Gasteiger partial charge is 0.469 e. The summed E-state index contributed by atoms with van der Waals surface area (Å²) in [6.45, 7) is 2.05. The van der Waals surface area contributed by atoms with Gasteiger partial charge in [-0.05, 0) is 66.3 Å². The van der Waals surface area contributed by atoms with Crippen LogP contribution in [-0.4, -0.2) is 25.0 Å². The van der Waals surface area contributed by atoms with Crippen molar-refractivity contribution in [1.29, 1.82) is 5.26 Å². The number of rotatable bonds is 9. The average Bonchev–Trinajstić information content (AvgIpc) is 2.96. The van der Waals surface area contributed by atoms with Crippen molar-refractivity contribution in [3.05, 3.63) is 131 Å². The van der Waals surface area contributed by atoms with Crippen molar-refractivity contribution in [3.63, 3.8) is 0 Å². The lowest BCUT2D eigenvalue weighted by Crippen LogP contribution is -2.46. The van der Waals surface area contributed by atoms with E-state index in [0.29, 0.717) is 24.0 Å². The summed E-state index contributed by atoms with van der Waals surface area (Å²) in [5.41, 5.74) is 6.13. The monoisotopic (exact) mass is 502 g/mol. The Balaban J connectivity index is 1.60. The number of aryl methyl sites for hydroxylation is 1. The number of nitrogens with zero attached hydrogens (tertiary/aromatic N) is 1. The highest BCUT2D eigenvalue weighted by atomic mass is 16.5. The van der Waals surface area contributed by atoms with E-state index in [-0.39, 0.29) is 5.91 Å². The van der Waals surface area contributed by atoms with E-state index in [1.54, 1.807) is 30.3 Å². The number of benzene rings is 4. The maximum Gasteiger partial charge on any atom is 0.311 e. The van der Waals surface area contributed by atoms with Crippen LogP contribution in [-0.2, 0) is 22.4 Å². The van der Waals surface area contributed by atoms with Crippen molar-refractivity contribution >= 4 is 11.9 Å². The van der Waals surface area contributed by atoms with Gasteiger partial charge in [0, 0.05) is 11.6 Å². The Kier molecular flexibility index (Phi) is 8.69. The third-order valence-corrected chi connectivity index (χ3v) is 6.65. The summed E-state index contributed by atoms with van der Waals surface area (Å²) in [6, 6.07) is 34.2. The first-order valence-corrected chi connectivity index (χ1v) is 12.6. The summed E-state index contributed by atoms with van der Waals surface area (Å²) in [5.74, 6) is -1.32. The predicted molar refractivity (Wildman–Crippen MR) is 148 cm³/mol. The quantitative estimate of drug-likeness (QED) is 0.289. The van der Waals surface area contributed by atoms with Crippen LogP contribution in [0.15, 0.2) is 103 Å². The van der Waals surface area contributed by atoms with Crippen molar-refractivity contribution in [2.75, 3.05) is 7.11 Å². The lowest BCUT2D eigenvalue weighted by Gasteiger charge is -2.27. The highest BCUT2D eigenvalue weighted by Gasteiger charge is 2.31. The van der Waals surface area contributed by atoms with Gasteiger partial charge in [0.1, 0.15) is 0 Å². The molecule has 1 amide bonds. The van der Waals surface area contributed by atoms with Gasteiger partial charge in [0.05, 0.1) is 24.7 Å². The fraction of sp³-hybridized carbons (Fsp3) is 0.182. The van der Waals surface area contributed by atoms with Gasteiger partial charge in [-0.15, -0.1) is 0 Å².